The Morgan fingerprint density at radius 3 is 2.33 bits per heavy atom. The molecule has 0 fully saturated rings. The molecule has 0 aliphatic rings. The SMILES string of the molecule is CC(C)(C)NC(=O)C(c1ccccc1)N(C(=O)CNC(=O)c1cccs1)c1cccc(F)c1. The number of carbonyl (C=O) groups is 3. The molecule has 33 heavy (non-hydrogen) atoms. The molecule has 1 atom stereocenters. The summed E-state index contributed by atoms with van der Waals surface area (Å²) in [6.07, 6.45) is 0. The fourth-order valence-electron chi connectivity index (χ4n) is 3.29. The maximum Gasteiger partial charge on any atom is 0.261 e. The summed E-state index contributed by atoms with van der Waals surface area (Å²) < 4.78 is 14.1. The topological polar surface area (TPSA) is 78.5 Å². The fourth-order valence-corrected chi connectivity index (χ4v) is 3.93. The van der Waals surface area contributed by atoms with E-state index in [1.165, 1.54) is 34.4 Å². The van der Waals surface area contributed by atoms with E-state index in [0.29, 0.717) is 10.4 Å². The second-order valence-electron chi connectivity index (χ2n) is 8.46. The van der Waals surface area contributed by atoms with Crippen LogP contribution in [0.1, 0.15) is 42.0 Å². The van der Waals surface area contributed by atoms with Gasteiger partial charge < -0.3 is 10.6 Å². The molecule has 0 radical (unpaired) electrons. The number of rotatable bonds is 7. The highest BCUT2D eigenvalue weighted by Crippen LogP contribution is 2.29. The van der Waals surface area contributed by atoms with Crippen molar-refractivity contribution in [1.29, 1.82) is 0 Å². The van der Waals surface area contributed by atoms with Gasteiger partial charge in [0.2, 0.25) is 11.8 Å². The Kier molecular flexibility index (Phi) is 7.60. The number of amides is 3. The Morgan fingerprint density at radius 2 is 1.73 bits per heavy atom. The van der Waals surface area contributed by atoms with Crippen LogP contribution in [0.15, 0.2) is 72.1 Å². The van der Waals surface area contributed by atoms with Crippen molar-refractivity contribution in [2.45, 2.75) is 32.4 Å². The molecule has 0 bridgehead atoms. The van der Waals surface area contributed by atoms with Crippen LogP contribution >= 0.6 is 11.3 Å². The molecule has 1 heterocycles. The number of hydrogen-bond donors (Lipinski definition) is 2. The van der Waals surface area contributed by atoms with Gasteiger partial charge >= 0.3 is 0 Å². The molecule has 0 aliphatic carbocycles. The van der Waals surface area contributed by atoms with Crippen molar-refractivity contribution in [2.24, 2.45) is 0 Å². The van der Waals surface area contributed by atoms with Crippen LogP contribution in [0.3, 0.4) is 0 Å². The lowest BCUT2D eigenvalue weighted by Gasteiger charge is -2.34. The molecule has 8 heteroatoms. The summed E-state index contributed by atoms with van der Waals surface area (Å²) in [7, 11) is 0. The Labute approximate surface area is 196 Å². The van der Waals surface area contributed by atoms with Crippen LogP contribution in [-0.2, 0) is 9.59 Å². The number of nitrogens with one attached hydrogen (secondary N) is 2. The Hall–Kier alpha value is -3.52. The number of thiophene rings is 1. The number of carbonyl (C=O) groups excluding carboxylic acids is 3. The number of halogens is 1. The van der Waals surface area contributed by atoms with Crippen molar-refractivity contribution >= 4 is 34.7 Å². The van der Waals surface area contributed by atoms with E-state index < -0.39 is 35.1 Å². The van der Waals surface area contributed by atoms with Crippen molar-refractivity contribution < 1.29 is 18.8 Å². The van der Waals surface area contributed by atoms with Gasteiger partial charge in [0.15, 0.2) is 0 Å². The van der Waals surface area contributed by atoms with E-state index in [1.807, 2.05) is 20.8 Å². The molecular weight excluding hydrogens is 441 g/mol. The molecule has 1 aromatic heterocycles. The zero-order valence-electron chi connectivity index (χ0n) is 18.7. The molecule has 1 unspecified atom stereocenters. The van der Waals surface area contributed by atoms with Crippen LogP contribution in [0.4, 0.5) is 10.1 Å². The molecule has 0 aliphatic heterocycles. The number of anilines is 1. The smallest absolute Gasteiger partial charge is 0.261 e. The third-order valence-corrected chi connectivity index (χ3v) is 5.49. The first-order valence-electron chi connectivity index (χ1n) is 10.4. The zero-order chi connectivity index (χ0) is 24.0. The van der Waals surface area contributed by atoms with Crippen molar-refractivity contribution in [3.05, 3.63) is 88.4 Å². The zero-order valence-corrected chi connectivity index (χ0v) is 19.5. The van der Waals surface area contributed by atoms with E-state index >= 15 is 0 Å². The van der Waals surface area contributed by atoms with Gasteiger partial charge in [-0.05, 0) is 56.0 Å². The lowest BCUT2D eigenvalue weighted by atomic mass is 10.0. The van der Waals surface area contributed by atoms with Crippen molar-refractivity contribution in [3.8, 4) is 0 Å². The molecular formula is C25H26FN3O3S. The number of benzene rings is 2. The van der Waals surface area contributed by atoms with E-state index in [9.17, 15) is 18.8 Å². The number of hydrogen-bond acceptors (Lipinski definition) is 4. The predicted molar refractivity (Wildman–Crippen MR) is 128 cm³/mol. The average Bonchev–Trinajstić information content (AvgIpc) is 3.30. The number of nitrogens with zero attached hydrogens (tertiary/aromatic N) is 1. The van der Waals surface area contributed by atoms with Crippen molar-refractivity contribution in [3.63, 3.8) is 0 Å². The second kappa shape index (κ2) is 10.4. The van der Waals surface area contributed by atoms with E-state index in [0.717, 1.165) is 0 Å². The minimum Gasteiger partial charge on any atom is -0.349 e. The summed E-state index contributed by atoms with van der Waals surface area (Å²) in [6.45, 7) is 5.15. The van der Waals surface area contributed by atoms with E-state index in [4.69, 9.17) is 0 Å². The van der Waals surface area contributed by atoms with Gasteiger partial charge in [0.25, 0.3) is 5.91 Å². The first-order valence-corrected chi connectivity index (χ1v) is 11.3. The minimum atomic E-state index is -1.07. The lowest BCUT2D eigenvalue weighted by Crippen LogP contribution is -2.51. The second-order valence-corrected chi connectivity index (χ2v) is 9.40. The van der Waals surface area contributed by atoms with Gasteiger partial charge in [-0.1, -0.05) is 42.5 Å². The summed E-state index contributed by atoms with van der Waals surface area (Å²) in [5, 5.41) is 7.27. The highest BCUT2D eigenvalue weighted by atomic mass is 32.1. The fraction of sp³-hybridized carbons (Fsp3) is 0.240. The van der Waals surface area contributed by atoms with Crippen molar-refractivity contribution in [1.82, 2.24) is 10.6 Å². The maximum absolute atomic E-state index is 14.1. The molecule has 2 N–H and O–H groups in total. The van der Waals surface area contributed by atoms with Crippen molar-refractivity contribution in [2.75, 3.05) is 11.4 Å². The van der Waals surface area contributed by atoms with Crippen LogP contribution in [0.5, 0.6) is 0 Å². The van der Waals surface area contributed by atoms with Gasteiger partial charge in [0.1, 0.15) is 11.9 Å². The quantitative estimate of drug-likeness (QED) is 0.544. The summed E-state index contributed by atoms with van der Waals surface area (Å²) in [4.78, 5) is 40.9. The Bertz CT molecular complexity index is 1110. The van der Waals surface area contributed by atoms with Crippen LogP contribution in [-0.4, -0.2) is 29.8 Å². The van der Waals surface area contributed by atoms with Crippen LogP contribution in [0.2, 0.25) is 0 Å². The molecule has 3 aromatic rings. The summed E-state index contributed by atoms with van der Waals surface area (Å²) in [5.74, 6) is -1.91. The predicted octanol–water partition coefficient (Wildman–Crippen LogP) is 4.31. The highest BCUT2D eigenvalue weighted by Gasteiger charge is 2.34. The van der Waals surface area contributed by atoms with Gasteiger partial charge in [0.05, 0.1) is 11.4 Å². The van der Waals surface area contributed by atoms with Gasteiger partial charge in [-0.15, -0.1) is 11.3 Å². The first-order chi connectivity index (χ1) is 15.7. The average molecular weight is 468 g/mol. The Morgan fingerprint density at radius 1 is 1.00 bits per heavy atom. The molecule has 0 spiro atoms. The third-order valence-electron chi connectivity index (χ3n) is 4.62. The molecule has 0 saturated carbocycles. The molecule has 3 rings (SSSR count). The molecule has 172 valence electrons. The maximum atomic E-state index is 14.1. The van der Waals surface area contributed by atoms with Crippen LogP contribution < -0.4 is 15.5 Å². The monoisotopic (exact) mass is 467 g/mol. The highest BCUT2D eigenvalue weighted by molar-refractivity contribution is 7.12. The van der Waals surface area contributed by atoms with E-state index in [2.05, 4.69) is 10.6 Å². The van der Waals surface area contributed by atoms with Gasteiger partial charge in [-0.3, -0.25) is 19.3 Å². The van der Waals surface area contributed by atoms with Crippen LogP contribution in [0.25, 0.3) is 0 Å². The van der Waals surface area contributed by atoms with Gasteiger partial charge in [-0.2, -0.15) is 0 Å². The normalized spacial score (nSPS) is 12.0. The first kappa shape index (κ1) is 24.1. The van der Waals surface area contributed by atoms with Gasteiger partial charge in [-0.25, -0.2) is 4.39 Å². The molecule has 6 nitrogen and oxygen atoms in total. The van der Waals surface area contributed by atoms with Crippen LogP contribution in [0, 0.1) is 5.82 Å². The molecule has 3 amide bonds. The largest absolute Gasteiger partial charge is 0.349 e. The lowest BCUT2D eigenvalue weighted by molar-refractivity contribution is -0.127. The summed E-state index contributed by atoms with van der Waals surface area (Å²) in [5.41, 5.74) is 0.207. The van der Waals surface area contributed by atoms with E-state index in [-0.39, 0.29) is 12.2 Å². The molecule has 2 aromatic carbocycles. The Balaban J connectivity index is 2.00. The minimum absolute atomic E-state index is 0.211. The third kappa shape index (κ3) is 6.49. The summed E-state index contributed by atoms with van der Waals surface area (Å²) >= 11 is 1.25. The van der Waals surface area contributed by atoms with E-state index in [1.54, 1.807) is 53.9 Å². The standard InChI is InChI=1S/C25H26FN3O3S/c1-25(2,3)28-24(32)22(17-9-5-4-6-10-17)29(19-12-7-11-18(26)15-19)21(30)16-27-23(31)20-13-8-14-33-20/h4-15,22H,16H2,1-3H3,(H,27,31)(H,28,32). The van der Waals surface area contributed by atoms with Gasteiger partial charge in [0, 0.05) is 11.2 Å². The summed E-state index contributed by atoms with van der Waals surface area (Å²) in [6, 6.07) is 16.6. The molecule has 0 saturated heterocycles.